The monoisotopic (exact) mass is 333 g/mol. The standard InChI is InChI=1S/C21H35NO2/c1-2-3-4-5-6-7-8-17-9-12-20-18(13-17)10-11-19(20)14-21(22,15-23)16-24/h9,12-13,19,23-24H,2-8,10-11,14-16,22H2,1H3/t19-/m1/s1. The zero-order valence-electron chi connectivity index (χ0n) is 15.3. The minimum absolute atomic E-state index is 0.161. The molecule has 0 bridgehead atoms. The maximum absolute atomic E-state index is 9.43. The molecule has 1 aliphatic rings. The van der Waals surface area contributed by atoms with Crippen molar-refractivity contribution in [2.24, 2.45) is 5.73 Å². The van der Waals surface area contributed by atoms with Crippen LogP contribution in [0.15, 0.2) is 18.2 Å². The van der Waals surface area contributed by atoms with Crippen LogP contribution in [0.5, 0.6) is 0 Å². The normalized spacial score (nSPS) is 17.2. The van der Waals surface area contributed by atoms with Crippen molar-refractivity contribution in [2.45, 2.75) is 82.6 Å². The summed E-state index contributed by atoms with van der Waals surface area (Å²) in [5.41, 5.74) is 9.49. The first kappa shape index (κ1) is 19.4. The number of fused-ring (bicyclic) bond motifs is 1. The predicted molar refractivity (Wildman–Crippen MR) is 100 cm³/mol. The molecular weight excluding hydrogens is 298 g/mol. The summed E-state index contributed by atoms with van der Waals surface area (Å²) in [6, 6.07) is 6.89. The molecule has 3 nitrogen and oxygen atoms in total. The second kappa shape index (κ2) is 9.55. The number of benzene rings is 1. The summed E-state index contributed by atoms with van der Waals surface area (Å²) >= 11 is 0. The van der Waals surface area contributed by atoms with Gasteiger partial charge in [0.1, 0.15) is 0 Å². The number of unbranched alkanes of at least 4 members (excludes halogenated alkanes) is 5. The predicted octanol–water partition coefficient (Wildman–Crippen LogP) is 3.69. The van der Waals surface area contributed by atoms with Crippen molar-refractivity contribution in [1.29, 1.82) is 0 Å². The van der Waals surface area contributed by atoms with E-state index in [0.29, 0.717) is 12.3 Å². The fourth-order valence-corrected chi connectivity index (χ4v) is 3.91. The van der Waals surface area contributed by atoms with Gasteiger partial charge in [0.05, 0.1) is 18.8 Å². The van der Waals surface area contributed by atoms with Crippen LogP contribution in [-0.4, -0.2) is 29.0 Å². The molecule has 1 aromatic carbocycles. The van der Waals surface area contributed by atoms with Gasteiger partial charge in [-0.1, -0.05) is 57.2 Å². The second-order valence-electron chi connectivity index (χ2n) is 7.67. The number of rotatable bonds is 11. The van der Waals surface area contributed by atoms with Crippen molar-refractivity contribution in [1.82, 2.24) is 0 Å². The van der Waals surface area contributed by atoms with Gasteiger partial charge >= 0.3 is 0 Å². The topological polar surface area (TPSA) is 66.5 Å². The van der Waals surface area contributed by atoms with Crippen LogP contribution in [0.2, 0.25) is 0 Å². The number of aliphatic hydroxyl groups excluding tert-OH is 2. The molecule has 0 unspecified atom stereocenters. The van der Waals surface area contributed by atoms with Crippen LogP contribution in [0.25, 0.3) is 0 Å². The Morgan fingerprint density at radius 3 is 2.50 bits per heavy atom. The van der Waals surface area contributed by atoms with Crippen molar-refractivity contribution in [3.8, 4) is 0 Å². The summed E-state index contributed by atoms with van der Waals surface area (Å²) < 4.78 is 0. The summed E-state index contributed by atoms with van der Waals surface area (Å²) in [4.78, 5) is 0. The highest BCUT2D eigenvalue weighted by atomic mass is 16.3. The van der Waals surface area contributed by atoms with Crippen LogP contribution in [0.1, 0.15) is 80.9 Å². The highest BCUT2D eigenvalue weighted by Crippen LogP contribution is 2.38. The molecule has 24 heavy (non-hydrogen) atoms. The average Bonchev–Trinajstić information content (AvgIpc) is 3.00. The molecule has 0 aliphatic heterocycles. The summed E-state index contributed by atoms with van der Waals surface area (Å²) in [5, 5.41) is 18.9. The van der Waals surface area contributed by atoms with E-state index >= 15 is 0 Å². The zero-order chi connectivity index (χ0) is 17.4. The van der Waals surface area contributed by atoms with Crippen LogP contribution in [0, 0.1) is 0 Å². The quantitative estimate of drug-likeness (QED) is 0.541. The van der Waals surface area contributed by atoms with E-state index < -0.39 is 5.54 Å². The molecule has 0 aromatic heterocycles. The number of hydrogen-bond acceptors (Lipinski definition) is 3. The van der Waals surface area contributed by atoms with Crippen molar-refractivity contribution in [2.75, 3.05) is 13.2 Å². The van der Waals surface area contributed by atoms with Crippen LogP contribution >= 0.6 is 0 Å². The molecule has 0 saturated heterocycles. The van der Waals surface area contributed by atoms with Gasteiger partial charge in [-0.05, 0) is 54.7 Å². The molecule has 2 rings (SSSR count). The van der Waals surface area contributed by atoms with Gasteiger partial charge in [-0.15, -0.1) is 0 Å². The Hall–Kier alpha value is -0.900. The SMILES string of the molecule is CCCCCCCCc1ccc2c(c1)CC[C@@H]2CC(N)(CO)CO. The first-order valence-electron chi connectivity index (χ1n) is 9.74. The number of aryl methyl sites for hydroxylation is 2. The van der Waals surface area contributed by atoms with Gasteiger partial charge in [-0.3, -0.25) is 0 Å². The molecule has 3 heteroatoms. The van der Waals surface area contributed by atoms with E-state index in [2.05, 4.69) is 25.1 Å². The summed E-state index contributed by atoms with van der Waals surface area (Å²) in [5.74, 6) is 0.368. The fraction of sp³-hybridized carbons (Fsp3) is 0.714. The van der Waals surface area contributed by atoms with Crippen molar-refractivity contribution in [3.05, 3.63) is 34.9 Å². The average molecular weight is 334 g/mol. The molecule has 136 valence electrons. The van der Waals surface area contributed by atoms with E-state index in [9.17, 15) is 10.2 Å². The Labute approximate surface area is 147 Å². The molecule has 0 spiro atoms. The Morgan fingerprint density at radius 1 is 1.08 bits per heavy atom. The largest absolute Gasteiger partial charge is 0.394 e. The van der Waals surface area contributed by atoms with Gasteiger partial charge in [0.25, 0.3) is 0 Å². The molecule has 0 radical (unpaired) electrons. The van der Waals surface area contributed by atoms with E-state index in [-0.39, 0.29) is 13.2 Å². The molecule has 4 N–H and O–H groups in total. The number of hydrogen-bond donors (Lipinski definition) is 3. The van der Waals surface area contributed by atoms with Crippen molar-refractivity contribution >= 4 is 0 Å². The van der Waals surface area contributed by atoms with Gasteiger partial charge in [0.2, 0.25) is 0 Å². The molecule has 0 amide bonds. The summed E-state index contributed by atoms with van der Waals surface area (Å²) in [7, 11) is 0. The van der Waals surface area contributed by atoms with Crippen molar-refractivity contribution < 1.29 is 10.2 Å². The Morgan fingerprint density at radius 2 is 1.79 bits per heavy atom. The van der Waals surface area contributed by atoms with Gasteiger partial charge in [0.15, 0.2) is 0 Å². The second-order valence-corrected chi connectivity index (χ2v) is 7.67. The fourth-order valence-electron chi connectivity index (χ4n) is 3.91. The van der Waals surface area contributed by atoms with E-state index in [1.54, 1.807) is 0 Å². The highest BCUT2D eigenvalue weighted by Gasteiger charge is 2.32. The Kier molecular flexibility index (Phi) is 7.73. The number of nitrogens with two attached hydrogens (primary N) is 1. The van der Waals surface area contributed by atoms with E-state index in [1.807, 2.05) is 0 Å². The van der Waals surface area contributed by atoms with Gasteiger partial charge in [0, 0.05) is 0 Å². The molecule has 1 aliphatic carbocycles. The minimum Gasteiger partial charge on any atom is -0.394 e. The van der Waals surface area contributed by atoms with E-state index in [0.717, 1.165) is 12.8 Å². The Bertz CT molecular complexity index is 497. The van der Waals surface area contributed by atoms with Gasteiger partial charge in [-0.25, -0.2) is 0 Å². The first-order valence-corrected chi connectivity index (χ1v) is 9.74. The molecule has 0 saturated carbocycles. The van der Waals surface area contributed by atoms with Crippen LogP contribution < -0.4 is 5.73 Å². The minimum atomic E-state index is -0.858. The van der Waals surface area contributed by atoms with Gasteiger partial charge in [-0.2, -0.15) is 0 Å². The van der Waals surface area contributed by atoms with Crippen LogP contribution in [0.4, 0.5) is 0 Å². The van der Waals surface area contributed by atoms with Crippen LogP contribution in [-0.2, 0) is 12.8 Å². The van der Waals surface area contributed by atoms with Crippen molar-refractivity contribution in [3.63, 3.8) is 0 Å². The Balaban J connectivity index is 1.86. The van der Waals surface area contributed by atoms with E-state index in [1.165, 1.54) is 61.6 Å². The lowest BCUT2D eigenvalue weighted by Gasteiger charge is -2.28. The molecular formula is C21H35NO2. The molecule has 0 fully saturated rings. The van der Waals surface area contributed by atoms with E-state index in [4.69, 9.17) is 5.73 Å². The maximum atomic E-state index is 9.43. The molecule has 0 heterocycles. The summed E-state index contributed by atoms with van der Waals surface area (Å²) in [6.07, 6.45) is 12.0. The first-order chi connectivity index (χ1) is 11.6. The lowest BCUT2D eigenvalue weighted by molar-refractivity contribution is 0.108. The van der Waals surface area contributed by atoms with Gasteiger partial charge < -0.3 is 15.9 Å². The zero-order valence-corrected chi connectivity index (χ0v) is 15.3. The third kappa shape index (κ3) is 5.30. The molecule has 1 aromatic rings. The van der Waals surface area contributed by atoms with Crippen LogP contribution in [0.3, 0.4) is 0 Å². The smallest absolute Gasteiger partial charge is 0.0633 e. The highest BCUT2D eigenvalue weighted by molar-refractivity contribution is 5.38. The third-order valence-electron chi connectivity index (χ3n) is 5.51. The lowest BCUT2D eigenvalue weighted by Crippen LogP contribution is -2.48. The summed E-state index contributed by atoms with van der Waals surface area (Å²) in [6.45, 7) is 1.94. The third-order valence-corrected chi connectivity index (χ3v) is 5.51. The maximum Gasteiger partial charge on any atom is 0.0633 e. The lowest BCUT2D eigenvalue weighted by atomic mass is 9.85. The molecule has 1 atom stereocenters. The number of aliphatic hydroxyl groups is 2.